The smallest absolute Gasteiger partial charge is 0.264 e. The zero-order chi connectivity index (χ0) is 20.1. The first-order valence-corrected chi connectivity index (χ1v) is 9.34. The fourth-order valence-corrected chi connectivity index (χ4v) is 3.93. The van der Waals surface area contributed by atoms with E-state index in [4.69, 9.17) is 10.5 Å². The van der Waals surface area contributed by atoms with Gasteiger partial charge in [0.1, 0.15) is 10.8 Å². The van der Waals surface area contributed by atoms with E-state index >= 15 is 0 Å². The molecule has 0 aliphatic heterocycles. The van der Waals surface area contributed by atoms with E-state index in [0.29, 0.717) is 34.8 Å². The molecule has 144 valence electrons. The van der Waals surface area contributed by atoms with Crippen LogP contribution in [0, 0.1) is 6.92 Å². The lowest BCUT2D eigenvalue weighted by molar-refractivity contribution is 0.0777. The maximum absolute atomic E-state index is 12.7. The van der Waals surface area contributed by atoms with E-state index in [1.54, 1.807) is 36.1 Å². The highest BCUT2D eigenvalue weighted by atomic mass is 32.1. The first-order valence-electron chi connectivity index (χ1n) is 8.52. The van der Waals surface area contributed by atoms with Gasteiger partial charge in [-0.05, 0) is 38.5 Å². The molecule has 3 amide bonds. The molecule has 0 unspecified atom stereocenters. The molecule has 0 saturated heterocycles. The number of anilines is 1. The van der Waals surface area contributed by atoms with Gasteiger partial charge >= 0.3 is 0 Å². The fourth-order valence-electron chi connectivity index (χ4n) is 2.76. The van der Waals surface area contributed by atoms with Crippen molar-refractivity contribution in [2.75, 3.05) is 25.5 Å². The minimum Gasteiger partial charge on any atom is -0.496 e. The Morgan fingerprint density at radius 2 is 1.81 bits per heavy atom. The van der Waals surface area contributed by atoms with Crippen molar-refractivity contribution in [3.05, 3.63) is 45.8 Å². The van der Waals surface area contributed by atoms with Crippen LogP contribution in [0.15, 0.2) is 24.3 Å². The Balaban J connectivity index is 2.44. The highest BCUT2D eigenvalue weighted by Crippen LogP contribution is 2.34. The number of methoxy groups -OCH3 is 1. The number of thiophene rings is 1. The summed E-state index contributed by atoms with van der Waals surface area (Å²) in [5, 5.41) is 2.96. The summed E-state index contributed by atoms with van der Waals surface area (Å²) in [5.41, 5.74) is 6.45. The molecule has 3 N–H and O–H groups in total. The number of hydrogen-bond donors (Lipinski definition) is 2. The second-order valence-electron chi connectivity index (χ2n) is 5.76. The summed E-state index contributed by atoms with van der Waals surface area (Å²) >= 11 is 1.05. The summed E-state index contributed by atoms with van der Waals surface area (Å²) < 4.78 is 5.20. The number of para-hydroxylation sites is 1. The monoisotopic (exact) mass is 389 g/mol. The summed E-state index contributed by atoms with van der Waals surface area (Å²) in [6, 6.07) is 6.74. The second kappa shape index (κ2) is 8.68. The van der Waals surface area contributed by atoms with E-state index in [-0.39, 0.29) is 16.5 Å². The predicted octanol–water partition coefficient (Wildman–Crippen LogP) is 2.90. The van der Waals surface area contributed by atoms with Crippen LogP contribution in [0.2, 0.25) is 0 Å². The molecule has 1 aromatic carbocycles. The highest BCUT2D eigenvalue weighted by molar-refractivity contribution is 7.18. The molecule has 8 heteroatoms. The molecule has 2 aromatic rings. The van der Waals surface area contributed by atoms with Gasteiger partial charge in [-0.3, -0.25) is 14.4 Å². The molecule has 1 heterocycles. The van der Waals surface area contributed by atoms with Gasteiger partial charge in [0, 0.05) is 13.1 Å². The third kappa shape index (κ3) is 4.11. The van der Waals surface area contributed by atoms with Gasteiger partial charge in [-0.15, -0.1) is 11.3 Å². The van der Waals surface area contributed by atoms with Crippen molar-refractivity contribution in [1.82, 2.24) is 4.90 Å². The number of nitrogens with two attached hydrogens (primary N) is 1. The van der Waals surface area contributed by atoms with Crippen LogP contribution in [0.5, 0.6) is 5.75 Å². The lowest BCUT2D eigenvalue weighted by Crippen LogP contribution is -2.30. The van der Waals surface area contributed by atoms with Crippen molar-refractivity contribution in [3.63, 3.8) is 0 Å². The molecule has 0 fully saturated rings. The average Bonchev–Trinajstić information content (AvgIpc) is 2.98. The molecular formula is C19H23N3O4S. The van der Waals surface area contributed by atoms with Gasteiger partial charge in [0.2, 0.25) is 0 Å². The van der Waals surface area contributed by atoms with Crippen LogP contribution in [0.4, 0.5) is 5.00 Å². The molecule has 7 nitrogen and oxygen atoms in total. The summed E-state index contributed by atoms with van der Waals surface area (Å²) in [4.78, 5) is 39.4. The third-order valence-corrected chi connectivity index (χ3v) is 5.41. The van der Waals surface area contributed by atoms with Gasteiger partial charge in [0.25, 0.3) is 17.7 Å². The first-order chi connectivity index (χ1) is 12.8. The molecule has 0 bridgehead atoms. The van der Waals surface area contributed by atoms with Gasteiger partial charge < -0.3 is 20.7 Å². The summed E-state index contributed by atoms with van der Waals surface area (Å²) in [5.74, 6) is -0.929. The van der Waals surface area contributed by atoms with E-state index in [0.717, 1.165) is 11.3 Å². The number of primary amides is 1. The van der Waals surface area contributed by atoms with E-state index in [1.807, 2.05) is 13.8 Å². The number of carbonyl (C=O) groups excluding carboxylic acids is 3. The van der Waals surface area contributed by atoms with Crippen molar-refractivity contribution in [3.8, 4) is 5.75 Å². The van der Waals surface area contributed by atoms with Crippen molar-refractivity contribution in [2.24, 2.45) is 5.73 Å². The Labute approximate surface area is 162 Å². The zero-order valence-electron chi connectivity index (χ0n) is 15.8. The maximum atomic E-state index is 12.7. The normalized spacial score (nSPS) is 10.4. The molecule has 1 aromatic heterocycles. The molecule has 0 spiro atoms. The molecule has 0 radical (unpaired) electrons. The Bertz CT molecular complexity index is 872. The van der Waals surface area contributed by atoms with Crippen LogP contribution >= 0.6 is 11.3 Å². The van der Waals surface area contributed by atoms with Crippen molar-refractivity contribution in [1.29, 1.82) is 0 Å². The number of carbonyl (C=O) groups is 3. The largest absolute Gasteiger partial charge is 0.496 e. The van der Waals surface area contributed by atoms with E-state index in [1.165, 1.54) is 7.11 Å². The minimum absolute atomic E-state index is 0.152. The topological polar surface area (TPSA) is 102 Å². The molecule has 0 saturated carbocycles. The quantitative estimate of drug-likeness (QED) is 0.760. The standard InChI is InChI=1S/C19H23N3O4S/c1-5-22(6-2)19(25)15-11(3)14(16(20)23)18(27-15)21-17(24)12-9-7-8-10-13(12)26-4/h7-10H,5-6H2,1-4H3,(H2,20,23)(H,21,24). The van der Waals surface area contributed by atoms with Crippen LogP contribution < -0.4 is 15.8 Å². The van der Waals surface area contributed by atoms with E-state index < -0.39 is 11.8 Å². The Morgan fingerprint density at radius 1 is 1.19 bits per heavy atom. The second-order valence-corrected chi connectivity index (χ2v) is 6.78. The highest BCUT2D eigenvalue weighted by Gasteiger charge is 2.27. The van der Waals surface area contributed by atoms with Gasteiger partial charge in [0.15, 0.2) is 0 Å². The minimum atomic E-state index is -0.697. The Kier molecular flexibility index (Phi) is 6.57. The molecular weight excluding hydrogens is 366 g/mol. The van der Waals surface area contributed by atoms with E-state index in [9.17, 15) is 14.4 Å². The Hall–Kier alpha value is -2.87. The van der Waals surface area contributed by atoms with Gasteiger partial charge in [0.05, 0.1) is 23.1 Å². The van der Waals surface area contributed by atoms with Crippen LogP contribution in [-0.2, 0) is 0 Å². The molecule has 0 aliphatic carbocycles. The Morgan fingerprint density at radius 3 is 2.37 bits per heavy atom. The number of rotatable bonds is 7. The maximum Gasteiger partial charge on any atom is 0.264 e. The van der Waals surface area contributed by atoms with Crippen molar-refractivity contribution >= 4 is 34.1 Å². The van der Waals surface area contributed by atoms with Crippen LogP contribution in [0.25, 0.3) is 0 Å². The van der Waals surface area contributed by atoms with E-state index in [2.05, 4.69) is 5.32 Å². The number of amides is 3. The van der Waals surface area contributed by atoms with Gasteiger partial charge in [-0.1, -0.05) is 12.1 Å². The molecule has 2 rings (SSSR count). The lowest BCUT2D eigenvalue weighted by Gasteiger charge is -2.17. The number of hydrogen-bond acceptors (Lipinski definition) is 5. The van der Waals surface area contributed by atoms with Crippen molar-refractivity contribution < 1.29 is 19.1 Å². The molecule has 0 atom stereocenters. The predicted molar refractivity (Wildman–Crippen MR) is 106 cm³/mol. The van der Waals surface area contributed by atoms with Crippen LogP contribution in [-0.4, -0.2) is 42.8 Å². The average molecular weight is 389 g/mol. The lowest BCUT2D eigenvalue weighted by atomic mass is 10.1. The van der Waals surface area contributed by atoms with Crippen LogP contribution in [0.3, 0.4) is 0 Å². The zero-order valence-corrected chi connectivity index (χ0v) is 16.6. The van der Waals surface area contributed by atoms with Gasteiger partial charge in [-0.2, -0.15) is 0 Å². The number of benzene rings is 1. The summed E-state index contributed by atoms with van der Waals surface area (Å²) in [6.45, 7) is 6.50. The van der Waals surface area contributed by atoms with Crippen LogP contribution in [0.1, 0.15) is 49.8 Å². The first kappa shape index (κ1) is 20.4. The SMILES string of the molecule is CCN(CC)C(=O)c1sc(NC(=O)c2ccccc2OC)c(C(N)=O)c1C. The summed E-state index contributed by atoms with van der Waals surface area (Å²) in [6.07, 6.45) is 0. The fraction of sp³-hybridized carbons (Fsp3) is 0.316. The van der Waals surface area contributed by atoms with Crippen molar-refractivity contribution in [2.45, 2.75) is 20.8 Å². The molecule has 27 heavy (non-hydrogen) atoms. The number of nitrogens with one attached hydrogen (secondary N) is 1. The number of nitrogens with zero attached hydrogens (tertiary/aromatic N) is 1. The number of ether oxygens (including phenoxy) is 1. The molecule has 0 aliphatic rings. The van der Waals surface area contributed by atoms with Gasteiger partial charge in [-0.25, -0.2) is 0 Å². The summed E-state index contributed by atoms with van der Waals surface area (Å²) in [7, 11) is 1.47. The third-order valence-electron chi connectivity index (χ3n) is 4.22.